The highest BCUT2D eigenvalue weighted by molar-refractivity contribution is 6.07. The molecular weight excluding hydrogens is 314 g/mol. The lowest BCUT2D eigenvalue weighted by Gasteiger charge is -2.20. The molecule has 1 aromatic heterocycles. The van der Waals surface area contributed by atoms with E-state index in [-0.39, 0.29) is 17.7 Å². The molecule has 2 aliphatic heterocycles. The van der Waals surface area contributed by atoms with Gasteiger partial charge in [0.2, 0.25) is 5.91 Å². The van der Waals surface area contributed by atoms with Crippen molar-refractivity contribution in [3.8, 4) is 0 Å². The van der Waals surface area contributed by atoms with E-state index in [2.05, 4.69) is 11.1 Å². The maximum atomic E-state index is 12.9. The third-order valence-electron chi connectivity index (χ3n) is 5.16. The number of carbonyl (C=O) groups is 2. The number of hydrogen-bond acceptors (Lipinski definition) is 3. The fourth-order valence-electron chi connectivity index (χ4n) is 3.84. The molecule has 1 atom stereocenters. The van der Waals surface area contributed by atoms with Crippen LogP contribution in [0.15, 0.2) is 48.8 Å². The van der Waals surface area contributed by atoms with Gasteiger partial charge in [-0.05, 0) is 36.6 Å². The fraction of sp³-hybridized carbons (Fsp3) is 0.350. The summed E-state index contributed by atoms with van der Waals surface area (Å²) in [7, 11) is 0. The Kier molecular flexibility index (Phi) is 4.22. The largest absolute Gasteiger partial charge is 0.343 e. The monoisotopic (exact) mass is 335 g/mol. The zero-order chi connectivity index (χ0) is 17.2. The van der Waals surface area contributed by atoms with Crippen LogP contribution in [0.2, 0.25) is 0 Å². The van der Waals surface area contributed by atoms with Crippen molar-refractivity contribution >= 4 is 17.5 Å². The maximum Gasteiger partial charge on any atom is 0.258 e. The first-order valence-corrected chi connectivity index (χ1v) is 8.82. The maximum absolute atomic E-state index is 12.9. The average Bonchev–Trinajstić information content (AvgIpc) is 3.23. The van der Waals surface area contributed by atoms with Crippen LogP contribution in [0.4, 0.5) is 5.69 Å². The van der Waals surface area contributed by atoms with Crippen LogP contribution in [0.25, 0.3) is 0 Å². The molecule has 3 heterocycles. The summed E-state index contributed by atoms with van der Waals surface area (Å²) in [6.07, 6.45) is 5.82. The molecule has 0 radical (unpaired) electrons. The van der Waals surface area contributed by atoms with Crippen molar-refractivity contribution in [1.82, 2.24) is 9.88 Å². The van der Waals surface area contributed by atoms with Crippen LogP contribution in [-0.4, -0.2) is 41.3 Å². The number of nitrogens with zero attached hydrogens (tertiary/aromatic N) is 3. The van der Waals surface area contributed by atoms with E-state index in [1.807, 2.05) is 28.0 Å². The van der Waals surface area contributed by atoms with Crippen LogP contribution in [0.3, 0.4) is 0 Å². The topological polar surface area (TPSA) is 53.5 Å². The van der Waals surface area contributed by atoms with E-state index in [4.69, 9.17) is 0 Å². The second kappa shape index (κ2) is 6.67. The molecule has 0 N–H and O–H groups in total. The summed E-state index contributed by atoms with van der Waals surface area (Å²) >= 11 is 0. The molecule has 2 aromatic rings. The summed E-state index contributed by atoms with van der Waals surface area (Å²) in [4.78, 5) is 32.5. The zero-order valence-corrected chi connectivity index (χ0v) is 14.1. The van der Waals surface area contributed by atoms with Gasteiger partial charge in [0.1, 0.15) is 0 Å². The van der Waals surface area contributed by atoms with Crippen molar-refractivity contribution in [2.24, 2.45) is 0 Å². The second-order valence-corrected chi connectivity index (χ2v) is 6.68. The molecular formula is C20H21N3O2. The van der Waals surface area contributed by atoms with Crippen LogP contribution in [0.5, 0.6) is 0 Å². The Morgan fingerprint density at radius 1 is 1.16 bits per heavy atom. The first-order valence-electron chi connectivity index (χ1n) is 8.82. The molecule has 1 aromatic carbocycles. The first-order chi connectivity index (χ1) is 12.2. The standard InChI is InChI=1S/C20H21N3O2/c24-19-6-3-12-22(19)13-9-16-14-23(18-5-2-1-4-17(16)18)20(25)15-7-10-21-11-8-15/h1-2,4-5,7-8,10-11,16H,3,6,9,12-14H2. The Hall–Kier alpha value is -2.69. The third-order valence-corrected chi connectivity index (χ3v) is 5.16. The second-order valence-electron chi connectivity index (χ2n) is 6.68. The number of rotatable bonds is 4. The van der Waals surface area contributed by atoms with E-state index in [9.17, 15) is 9.59 Å². The predicted octanol–water partition coefficient (Wildman–Crippen LogP) is 2.84. The highest BCUT2D eigenvalue weighted by atomic mass is 16.2. The highest BCUT2D eigenvalue weighted by Crippen LogP contribution is 2.38. The Morgan fingerprint density at radius 2 is 1.96 bits per heavy atom. The zero-order valence-electron chi connectivity index (χ0n) is 14.1. The number of aromatic nitrogens is 1. The van der Waals surface area contributed by atoms with Crippen molar-refractivity contribution in [2.45, 2.75) is 25.2 Å². The fourth-order valence-corrected chi connectivity index (χ4v) is 3.84. The molecule has 1 fully saturated rings. The van der Waals surface area contributed by atoms with Gasteiger partial charge in [0.25, 0.3) is 5.91 Å². The number of likely N-dealkylation sites (tertiary alicyclic amines) is 1. The summed E-state index contributed by atoms with van der Waals surface area (Å²) in [6, 6.07) is 11.6. The minimum atomic E-state index is 0.00889. The van der Waals surface area contributed by atoms with E-state index in [1.165, 1.54) is 5.56 Å². The molecule has 4 rings (SSSR count). The van der Waals surface area contributed by atoms with Crippen molar-refractivity contribution in [3.05, 3.63) is 59.9 Å². The van der Waals surface area contributed by atoms with Crippen molar-refractivity contribution in [3.63, 3.8) is 0 Å². The third kappa shape index (κ3) is 3.02. The van der Waals surface area contributed by atoms with Gasteiger partial charge in [0.05, 0.1) is 0 Å². The van der Waals surface area contributed by atoms with Gasteiger partial charge < -0.3 is 9.80 Å². The molecule has 25 heavy (non-hydrogen) atoms. The van der Waals surface area contributed by atoms with Crippen LogP contribution in [0.1, 0.15) is 41.1 Å². The Bertz CT molecular complexity index is 791. The lowest BCUT2D eigenvalue weighted by atomic mass is 9.98. The van der Waals surface area contributed by atoms with E-state index in [0.29, 0.717) is 18.5 Å². The number of anilines is 1. The Labute approximate surface area is 147 Å². The predicted molar refractivity (Wildman–Crippen MR) is 95.5 cm³/mol. The Balaban J connectivity index is 1.53. The van der Waals surface area contributed by atoms with E-state index in [0.717, 1.165) is 31.6 Å². The van der Waals surface area contributed by atoms with E-state index < -0.39 is 0 Å². The molecule has 5 nitrogen and oxygen atoms in total. The van der Waals surface area contributed by atoms with E-state index >= 15 is 0 Å². The van der Waals surface area contributed by atoms with Gasteiger partial charge in [-0.1, -0.05) is 18.2 Å². The number of hydrogen-bond donors (Lipinski definition) is 0. The van der Waals surface area contributed by atoms with Crippen LogP contribution in [0, 0.1) is 0 Å². The quantitative estimate of drug-likeness (QED) is 0.863. The van der Waals surface area contributed by atoms with Crippen LogP contribution >= 0.6 is 0 Å². The van der Waals surface area contributed by atoms with Crippen molar-refractivity contribution in [2.75, 3.05) is 24.5 Å². The first kappa shape index (κ1) is 15.8. The van der Waals surface area contributed by atoms with E-state index in [1.54, 1.807) is 24.5 Å². The van der Waals surface area contributed by atoms with Gasteiger partial charge in [-0.15, -0.1) is 0 Å². The van der Waals surface area contributed by atoms with Gasteiger partial charge in [0.15, 0.2) is 0 Å². The lowest BCUT2D eigenvalue weighted by molar-refractivity contribution is -0.127. The average molecular weight is 335 g/mol. The van der Waals surface area contributed by atoms with Gasteiger partial charge in [-0.3, -0.25) is 14.6 Å². The number of benzene rings is 1. The van der Waals surface area contributed by atoms with Gasteiger partial charge >= 0.3 is 0 Å². The Morgan fingerprint density at radius 3 is 2.72 bits per heavy atom. The summed E-state index contributed by atoms with van der Waals surface area (Å²) in [5.74, 6) is 0.543. The number of para-hydroxylation sites is 1. The van der Waals surface area contributed by atoms with Crippen molar-refractivity contribution < 1.29 is 9.59 Å². The summed E-state index contributed by atoms with van der Waals surface area (Å²) in [5.41, 5.74) is 2.85. The van der Waals surface area contributed by atoms with Crippen molar-refractivity contribution in [1.29, 1.82) is 0 Å². The molecule has 0 bridgehead atoms. The molecule has 2 amide bonds. The smallest absolute Gasteiger partial charge is 0.258 e. The minimum absolute atomic E-state index is 0.00889. The number of pyridine rings is 1. The normalized spacial score (nSPS) is 19.4. The molecule has 2 aliphatic rings. The van der Waals surface area contributed by atoms with Gasteiger partial charge in [0, 0.05) is 55.6 Å². The SMILES string of the molecule is O=C1CCCN1CCC1CN(C(=O)c2ccncc2)c2ccccc21. The molecule has 1 saturated heterocycles. The van der Waals surface area contributed by atoms with Gasteiger partial charge in [-0.25, -0.2) is 0 Å². The molecule has 0 spiro atoms. The number of amides is 2. The van der Waals surface area contributed by atoms with Crippen LogP contribution in [-0.2, 0) is 4.79 Å². The highest BCUT2D eigenvalue weighted by Gasteiger charge is 2.33. The molecule has 0 aliphatic carbocycles. The van der Waals surface area contributed by atoms with Gasteiger partial charge in [-0.2, -0.15) is 0 Å². The summed E-state index contributed by atoms with van der Waals surface area (Å²) in [6.45, 7) is 2.31. The molecule has 0 saturated carbocycles. The minimum Gasteiger partial charge on any atom is -0.343 e. The number of carbonyl (C=O) groups excluding carboxylic acids is 2. The molecule has 1 unspecified atom stereocenters. The lowest BCUT2D eigenvalue weighted by Crippen LogP contribution is -2.31. The molecule has 128 valence electrons. The number of fused-ring (bicyclic) bond motifs is 1. The summed E-state index contributed by atoms with van der Waals surface area (Å²) in [5, 5.41) is 0. The molecule has 5 heteroatoms. The summed E-state index contributed by atoms with van der Waals surface area (Å²) < 4.78 is 0. The van der Waals surface area contributed by atoms with Crippen LogP contribution < -0.4 is 4.90 Å².